The van der Waals surface area contributed by atoms with Crippen LogP contribution in [0, 0.1) is 0 Å². The topological polar surface area (TPSA) is 93.0 Å². The first-order valence-corrected chi connectivity index (χ1v) is 5.40. The summed E-state index contributed by atoms with van der Waals surface area (Å²) < 4.78 is 5.54. The minimum atomic E-state index is -0.322. The lowest BCUT2D eigenvalue weighted by molar-refractivity contribution is 0.0996. The van der Waals surface area contributed by atoms with E-state index in [-0.39, 0.29) is 23.4 Å². The van der Waals surface area contributed by atoms with Gasteiger partial charge in [0.15, 0.2) is 5.82 Å². The zero-order valence-electron chi connectivity index (χ0n) is 9.19. The van der Waals surface area contributed by atoms with Gasteiger partial charge in [-0.1, -0.05) is 0 Å². The fourth-order valence-electron chi connectivity index (χ4n) is 1.83. The van der Waals surface area contributed by atoms with E-state index >= 15 is 0 Å². The van der Waals surface area contributed by atoms with E-state index in [2.05, 4.69) is 15.3 Å². The summed E-state index contributed by atoms with van der Waals surface area (Å²) in [5.74, 6) is 0.423. The van der Waals surface area contributed by atoms with Gasteiger partial charge in [0.25, 0.3) is 5.56 Å². The van der Waals surface area contributed by atoms with E-state index in [0.717, 1.165) is 19.4 Å². The maximum absolute atomic E-state index is 11.3. The van der Waals surface area contributed by atoms with Crippen LogP contribution in [0.2, 0.25) is 0 Å². The number of H-pyrrole nitrogens is 1. The highest BCUT2D eigenvalue weighted by Crippen LogP contribution is 2.19. The highest BCUT2D eigenvalue weighted by Gasteiger charge is 2.23. The van der Waals surface area contributed by atoms with Crippen molar-refractivity contribution in [3.8, 4) is 0 Å². The molecule has 6 heteroatoms. The Hall–Kier alpha value is -1.56. The third kappa shape index (κ3) is 2.16. The Morgan fingerprint density at radius 2 is 2.56 bits per heavy atom. The summed E-state index contributed by atoms with van der Waals surface area (Å²) in [5, 5.41) is 3.11. The van der Waals surface area contributed by atoms with E-state index in [1.807, 2.05) is 6.92 Å². The molecule has 2 unspecified atom stereocenters. The lowest BCUT2D eigenvalue weighted by atomic mass is 10.1. The van der Waals surface area contributed by atoms with Gasteiger partial charge in [-0.25, -0.2) is 4.98 Å². The van der Waals surface area contributed by atoms with Crippen LogP contribution in [0.15, 0.2) is 11.1 Å². The van der Waals surface area contributed by atoms with Gasteiger partial charge in [-0.3, -0.25) is 4.79 Å². The van der Waals surface area contributed by atoms with Crippen LogP contribution in [0.1, 0.15) is 19.8 Å². The summed E-state index contributed by atoms with van der Waals surface area (Å²) in [6.45, 7) is 2.80. The summed E-state index contributed by atoms with van der Waals surface area (Å²) in [6.07, 6.45) is 3.61. The lowest BCUT2D eigenvalue weighted by Gasteiger charge is -2.20. The molecule has 0 aromatic carbocycles. The minimum absolute atomic E-state index is 0.0964. The van der Waals surface area contributed by atoms with Gasteiger partial charge in [0.1, 0.15) is 5.69 Å². The van der Waals surface area contributed by atoms with Gasteiger partial charge in [-0.15, -0.1) is 0 Å². The molecule has 2 atom stereocenters. The van der Waals surface area contributed by atoms with E-state index < -0.39 is 0 Å². The normalized spacial score (nSPS) is 21.9. The second-order valence-electron chi connectivity index (χ2n) is 3.98. The molecule has 0 bridgehead atoms. The quantitative estimate of drug-likeness (QED) is 0.688. The average molecular weight is 224 g/mol. The molecular weight excluding hydrogens is 208 g/mol. The molecule has 2 rings (SSSR count). The SMILES string of the molecule is CC(Nc1nc[nH]c(=O)c1N)C1CCCO1. The number of aromatic nitrogens is 2. The van der Waals surface area contributed by atoms with Gasteiger partial charge in [0, 0.05) is 6.61 Å². The number of rotatable bonds is 3. The minimum Gasteiger partial charge on any atom is -0.391 e. The Kier molecular flexibility index (Phi) is 3.09. The smallest absolute Gasteiger partial charge is 0.276 e. The van der Waals surface area contributed by atoms with E-state index in [9.17, 15) is 4.79 Å². The van der Waals surface area contributed by atoms with Gasteiger partial charge in [0.05, 0.1) is 18.5 Å². The standard InChI is InChI=1S/C10H16N4O2/c1-6(7-3-2-4-16-7)14-9-8(11)10(15)13-5-12-9/h5-7H,2-4,11H2,1H3,(H2,12,13,14,15). The summed E-state index contributed by atoms with van der Waals surface area (Å²) in [7, 11) is 0. The van der Waals surface area contributed by atoms with Crippen molar-refractivity contribution in [2.24, 2.45) is 0 Å². The first-order valence-electron chi connectivity index (χ1n) is 5.40. The number of ether oxygens (including phenoxy) is 1. The predicted molar refractivity (Wildman–Crippen MR) is 61.3 cm³/mol. The van der Waals surface area contributed by atoms with Crippen molar-refractivity contribution < 1.29 is 4.74 Å². The molecule has 1 saturated heterocycles. The molecule has 2 heterocycles. The van der Waals surface area contributed by atoms with Crippen molar-refractivity contribution in [3.63, 3.8) is 0 Å². The van der Waals surface area contributed by atoms with Crippen LogP contribution < -0.4 is 16.6 Å². The van der Waals surface area contributed by atoms with Gasteiger partial charge in [-0.05, 0) is 19.8 Å². The second-order valence-corrected chi connectivity index (χ2v) is 3.98. The summed E-state index contributed by atoms with van der Waals surface area (Å²) in [4.78, 5) is 17.7. The van der Waals surface area contributed by atoms with E-state index in [0.29, 0.717) is 5.82 Å². The maximum atomic E-state index is 11.3. The number of anilines is 2. The average Bonchev–Trinajstić information content (AvgIpc) is 2.78. The number of nitrogens with one attached hydrogen (secondary N) is 2. The Morgan fingerprint density at radius 3 is 3.25 bits per heavy atom. The zero-order valence-corrected chi connectivity index (χ0v) is 9.19. The third-order valence-corrected chi connectivity index (χ3v) is 2.78. The second kappa shape index (κ2) is 4.52. The van der Waals surface area contributed by atoms with Crippen LogP contribution >= 0.6 is 0 Å². The molecule has 4 N–H and O–H groups in total. The first-order chi connectivity index (χ1) is 7.68. The van der Waals surface area contributed by atoms with Crippen molar-refractivity contribution in [2.75, 3.05) is 17.7 Å². The number of nitrogen functional groups attached to an aromatic ring is 1. The predicted octanol–water partition coefficient (Wildman–Crippen LogP) is 0.331. The zero-order chi connectivity index (χ0) is 11.5. The Balaban J connectivity index is 2.08. The lowest BCUT2D eigenvalue weighted by Crippen LogP contribution is -2.31. The largest absolute Gasteiger partial charge is 0.391 e. The van der Waals surface area contributed by atoms with Crippen molar-refractivity contribution in [1.82, 2.24) is 9.97 Å². The van der Waals surface area contributed by atoms with Crippen LogP contribution in [0.3, 0.4) is 0 Å². The Bertz CT molecular complexity index is 412. The number of nitrogens with two attached hydrogens (primary N) is 1. The van der Waals surface area contributed by atoms with Gasteiger partial charge in [0.2, 0.25) is 0 Å². The fraction of sp³-hybridized carbons (Fsp3) is 0.600. The molecule has 0 spiro atoms. The van der Waals surface area contributed by atoms with Crippen molar-refractivity contribution in [3.05, 3.63) is 16.7 Å². The molecule has 1 aliphatic rings. The first kappa shape index (κ1) is 10.9. The van der Waals surface area contributed by atoms with Crippen molar-refractivity contribution in [1.29, 1.82) is 0 Å². The summed E-state index contributed by atoms with van der Waals surface area (Å²) >= 11 is 0. The monoisotopic (exact) mass is 224 g/mol. The van der Waals surface area contributed by atoms with Crippen molar-refractivity contribution in [2.45, 2.75) is 31.9 Å². The molecule has 16 heavy (non-hydrogen) atoms. The number of nitrogens with zero attached hydrogens (tertiary/aromatic N) is 1. The molecule has 0 radical (unpaired) electrons. The van der Waals surface area contributed by atoms with Crippen LogP contribution in [-0.4, -0.2) is 28.7 Å². The van der Waals surface area contributed by atoms with Crippen molar-refractivity contribution >= 4 is 11.5 Å². The van der Waals surface area contributed by atoms with E-state index in [1.165, 1.54) is 6.33 Å². The number of aromatic amines is 1. The molecule has 1 aromatic rings. The maximum Gasteiger partial charge on any atom is 0.276 e. The molecule has 88 valence electrons. The molecule has 0 amide bonds. The number of hydrogen-bond acceptors (Lipinski definition) is 5. The van der Waals surface area contributed by atoms with Crippen LogP contribution in [0.5, 0.6) is 0 Å². The number of hydrogen-bond donors (Lipinski definition) is 3. The van der Waals surface area contributed by atoms with E-state index in [1.54, 1.807) is 0 Å². The molecule has 6 nitrogen and oxygen atoms in total. The highest BCUT2D eigenvalue weighted by molar-refractivity contribution is 5.59. The van der Waals surface area contributed by atoms with Crippen LogP contribution in [-0.2, 0) is 4.74 Å². The highest BCUT2D eigenvalue weighted by atomic mass is 16.5. The molecule has 1 aliphatic heterocycles. The van der Waals surface area contributed by atoms with Gasteiger partial charge in [-0.2, -0.15) is 0 Å². The van der Waals surface area contributed by atoms with Gasteiger partial charge >= 0.3 is 0 Å². The molecule has 1 aromatic heterocycles. The fourth-order valence-corrected chi connectivity index (χ4v) is 1.83. The van der Waals surface area contributed by atoms with E-state index in [4.69, 9.17) is 10.5 Å². The summed E-state index contributed by atoms with van der Waals surface area (Å²) in [5.41, 5.74) is 5.42. The van der Waals surface area contributed by atoms with Gasteiger partial charge < -0.3 is 20.8 Å². The third-order valence-electron chi connectivity index (χ3n) is 2.78. The van der Waals surface area contributed by atoms with Crippen LogP contribution in [0.4, 0.5) is 11.5 Å². The molecule has 1 fully saturated rings. The summed E-state index contributed by atoms with van der Waals surface area (Å²) in [6, 6.07) is 0.0964. The Labute approximate surface area is 93.2 Å². The molecular formula is C10H16N4O2. The molecule has 0 aliphatic carbocycles. The van der Waals surface area contributed by atoms with Crippen LogP contribution in [0.25, 0.3) is 0 Å². The molecule has 0 saturated carbocycles. The Morgan fingerprint density at radius 1 is 1.75 bits per heavy atom.